The van der Waals surface area contributed by atoms with Crippen LogP contribution < -0.4 is 5.32 Å². The van der Waals surface area contributed by atoms with Gasteiger partial charge >= 0.3 is 5.69 Å². The molecule has 1 fully saturated rings. The Bertz CT molecular complexity index is 608. The second-order valence-corrected chi connectivity index (χ2v) is 4.62. The third kappa shape index (κ3) is 1.99. The minimum absolute atomic E-state index is 0.0503. The van der Waals surface area contributed by atoms with E-state index >= 15 is 0 Å². The highest BCUT2D eigenvalue weighted by molar-refractivity contribution is 5.95. The van der Waals surface area contributed by atoms with Gasteiger partial charge in [0, 0.05) is 11.9 Å². The molecule has 1 aromatic carbocycles. The molecule has 0 atom stereocenters. The summed E-state index contributed by atoms with van der Waals surface area (Å²) in [6.45, 7) is 0.800. The lowest BCUT2D eigenvalue weighted by molar-refractivity contribution is -0.384. The van der Waals surface area contributed by atoms with Crippen molar-refractivity contribution < 1.29 is 4.92 Å². The fourth-order valence-electron chi connectivity index (χ4n) is 2.02. The number of fused-ring (bicyclic) bond motifs is 1. The molecule has 0 radical (unpaired) electrons. The first kappa shape index (κ1) is 11.0. The minimum Gasteiger partial charge on any atom is -0.379 e. The van der Waals surface area contributed by atoms with E-state index in [1.807, 2.05) is 24.3 Å². The highest BCUT2D eigenvalue weighted by Crippen LogP contribution is 2.34. The maximum atomic E-state index is 11.1. The molecule has 1 aliphatic rings. The van der Waals surface area contributed by atoms with Crippen LogP contribution >= 0.6 is 0 Å². The fraction of sp³-hybridized carbons (Fsp3) is 0.308. The largest absolute Gasteiger partial charge is 0.379 e. The molecule has 1 heterocycles. The average Bonchev–Trinajstić information content (AvgIpc) is 3.19. The van der Waals surface area contributed by atoms with Gasteiger partial charge in [-0.2, -0.15) is 0 Å². The summed E-state index contributed by atoms with van der Waals surface area (Å²) in [5.41, 5.74) is 1.42. The Labute approximate surface area is 104 Å². The maximum Gasteiger partial charge on any atom is 0.311 e. The maximum absolute atomic E-state index is 11.1. The fourth-order valence-corrected chi connectivity index (χ4v) is 2.02. The molecule has 1 aliphatic carbocycles. The van der Waals surface area contributed by atoms with Crippen LogP contribution in [-0.4, -0.2) is 16.5 Å². The van der Waals surface area contributed by atoms with Crippen LogP contribution in [0.5, 0.6) is 0 Å². The molecule has 5 heteroatoms. The van der Waals surface area contributed by atoms with Crippen molar-refractivity contribution in [3.05, 3.63) is 40.6 Å². The van der Waals surface area contributed by atoms with Crippen molar-refractivity contribution in [2.24, 2.45) is 5.92 Å². The van der Waals surface area contributed by atoms with E-state index in [1.54, 1.807) is 0 Å². The third-order valence-electron chi connectivity index (χ3n) is 3.22. The zero-order chi connectivity index (χ0) is 12.5. The van der Waals surface area contributed by atoms with Crippen LogP contribution in [0.15, 0.2) is 30.5 Å². The number of para-hydroxylation sites is 1. The number of benzene rings is 1. The number of pyridine rings is 1. The van der Waals surface area contributed by atoms with Crippen LogP contribution in [0.3, 0.4) is 0 Å². The summed E-state index contributed by atoms with van der Waals surface area (Å²) in [4.78, 5) is 14.8. The van der Waals surface area contributed by atoms with Gasteiger partial charge in [-0.05, 0) is 24.8 Å². The normalized spacial score (nSPS) is 14.7. The van der Waals surface area contributed by atoms with E-state index in [0.717, 1.165) is 17.4 Å². The first-order chi connectivity index (χ1) is 8.75. The SMILES string of the molecule is O=[N+]([O-])c1cnc2ccccc2c1NCC1CC1. The summed E-state index contributed by atoms with van der Waals surface area (Å²) in [6, 6.07) is 7.48. The van der Waals surface area contributed by atoms with Gasteiger partial charge in [0.1, 0.15) is 11.9 Å². The first-order valence-corrected chi connectivity index (χ1v) is 6.01. The van der Waals surface area contributed by atoms with Crippen molar-refractivity contribution in [2.75, 3.05) is 11.9 Å². The van der Waals surface area contributed by atoms with E-state index in [9.17, 15) is 10.1 Å². The van der Waals surface area contributed by atoms with Crippen LogP contribution in [-0.2, 0) is 0 Å². The van der Waals surface area contributed by atoms with Crippen molar-refractivity contribution in [3.8, 4) is 0 Å². The number of anilines is 1. The molecule has 18 heavy (non-hydrogen) atoms. The van der Waals surface area contributed by atoms with Crippen LogP contribution in [0.25, 0.3) is 10.9 Å². The molecule has 1 N–H and O–H groups in total. The Hall–Kier alpha value is -2.17. The summed E-state index contributed by atoms with van der Waals surface area (Å²) in [5.74, 6) is 0.663. The zero-order valence-corrected chi connectivity index (χ0v) is 9.80. The van der Waals surface area contributed by atoms with Gasteiger partial charge in [-0.15, -0.1) is 0 Å². The topological polar surface area (TPSA) is 68.1 Å². The van der Waals surface area contributed by atoms with Gasteiger partial charge in [-0.25, -0.2) is 4.98 Å². The Kier molecular flexibility index (Phi) is 2.59. The van der Waals surface area contributed by atoms with Gasteiger partial charge in [-0.3, -0.25) is 10.1 Å². The Balaban J connectivity index is 2.08. The van der Waals surface area contributed by atoms with Crippen LogP contribution in [0.1, 0.15) is 12.8 Å². The second-order valence-electron chi connectivity index (χ2n) is 4.62. The van der Waals surface area contributed by atoms with E-state index in [4.69, 9.17) is 0 Å². The molecule has 1 saturated carbocycles. The van der Waals surface area contributed by atoms with Crippen molar-refractivity contribution in [1.82, 2.24) is 4.98 Å². The number of nitrogens with zero attached hydrogens (tertiary/aromatic N) is 2. The van der Waals surface area contributed by atoms with E-state index in [2.05, 4.69) is 10.3 Å². The number of nitrogens with one attached hydrogen (secondary N) is 1. The Morgan fingerprint density at radius 3 is 2.89 bits per heavy atom. The van der Waals surface area contributed by atoms with Gasteiger partial charge in [0.05, 0.1) is 10.4 Å². The lowest BCUT2D eigenvalue weighted by Gasteiger charge is -2.09. The first-order valence-electron chi connectivity index (χ1n) is 6.01. The number of hydrogen-bond acceptors (Lipinski definition) is 4. The molecule has 0 aliphatic heterocycles. The highest BCUT2D eigenvalue weighted by Gasteiger charge is 2.23. The van der Waals surface area contributed by atoms with Crippen molar-refractivity contribution in [2.45, 2.75) is 12.8 Å². The predicted molar refractivity (Wildman–Crippen MR) is 69.6 cm³/mol. The van der Waals surface area contributed by atoms with E-state index in [-0.39, 0.29) is 10.6 Å². The van der Waals surface area contributed by atoms with Crippen LogP contribution in [0, 0.1) is 16.0 Å². The van der Waals surface area contributed by atoms with Gasteiger partial charge in [-0.1, -0.05) is 18.2 Å². The Morgan fingerprint density at radius 2 is 2.17 bits per heavy atom. The lowest BCUT2D eigenvalue weighted by atomic mass is 10.1. The minimum atomic E-state index is -0.380. The standard InChI is InChI=1S/C13H13N3O2/c17-16(18)12-8-14-11-4-2-1-3-10(11)13(12)15-7-9-5-6-9/h1-4,8-9H,5-7H2,(H,14,15). The molecular formula is C13H13N3O2. The van der Waals surface area contributed by atoms with Crippen molar-refractivity contribution in [3.63, 3.8) is 0 Å². The smallest absolute Gasteiger partial charge is 0.311 e. The molecule has 0 bridgehead atoms. The van der Waals surface area contributed by atoms with Crippen LogP contribution in [0.4, 0.5) is 11.4 Å². The quantitative estimate of drug-likeness (QED) is 0.662. The van der Waals surface area contributed by atoms with Gasteiger partial charge in [0.25, 0.3) is 0 Å². The van der Waals surface area contributed by atoms with Gasteiger partial charge in [0.2, 0.25) is 0 Å². The lowest BCUT2D eigenvalue weighted by Crippen LogP contribution is -2.06. The zero-order valence-electron chi connectivity index (χ0n) is 9.80. The molecular weight excluding hydrogens is 230 g/mol. The number of nitro groups is 1. The summed E-state index contributed by atoms with van der Waals surface area (Å²) in [5, 5.41) is 15.1. The number of aromatic nitrogens is 1. The average molecular weight is 243 g/mol. The molecule has 0 spiro atoms. The van der Waals surface area contributed by atoms with Crippen molar-refractivity contribution >= 4 is 22.3 Å². The van der Waals surface area contributed by atoms with E-state index in [1.165, 1.54) is 19.0 Å². The summed E-state index contributed by atoms with van der Waals surface area (Å²) in [7, 11) is 0. The predicted octanol–water partition coefficient (Wildman–Crippen LogP) is 2.96. The molecule has 2 aromatic rings. The van der Waals surface area contributed by atoms with E-state index < -0.39 is 0 Å². The second kappa shape index (κ2) is 4.25. The van der Waals surface area contributed by atoms with Gasteiger partial charge < -0.3 is 5.32 Å². The molecule has 0 unspecified atom stereocenters. The molecule has 0 amide bonds. The molecule has 3 rings (SSSR count). The highest BCUT2D eigenvalue weighted by atomic mass is 16.6. The number of rotatable bonds is 4. The third-order valence-corrected chi connectivity index (χ3v) is 3.22. The van der Waals surface area contributed by atoms with E-state index in [0.29, 0.717) is 11.6 Å². The molecule has 92 valence electrons. The summed E-state index contributed by atoms with van der Waals surface area (Å²) < 4.78 is 0. The summed E-state index contributed by atoms with van der Waals surface area (Å²) >= 11 is 0. The number of hydrogen-bond donors (Lipinski definition) is 1. The summed E-state index contributed by atoms with van der Waals surface area (Å²) in [6.07, 6.45) is 3.76. The molecule has 5 nitrogen and oxygen atoms in total. The van der Waals surface area contributed by atoms with Crippen LogP contribution in [0.2, 0.25) is 0 Å². The molecule has 1 aromatic heterocycles. The van der Waals surface area contributed by atoms with Crippen molar-refractivity contribution in [1.29, 1.82) is 0 Å². The monoisotopic (exact) mass is 243 g/mol. The molecule has 0 saturated heterocycles. The Morgan fingerprint density at radius 1 is 1.39 bits per heavy atom. The van der Waals surface area contributed by atoms with Gasteiger partial charge in [0.15, 0.2) is 0 Å².